The Morgan fingerprint density at radius 1 is 1.19 bits per heavy atom. The fourth-order valence-corrected chi connectivity index (χ4v) is 1.81. The van der Waals surface area contributed by atoms with Crippen molar-refractivity contribution in [2.24, 2.45) is 0 Å². The summed E-state index contributed by atoms with van der Waals surface area (Å²) in [7, 11) is 0. The molecule has 3 N–H and O–H groups in total. The first-order chi connectivity index (χ1) is 9.95. The van der Waals surface area contributed by atoms with Gasteiger partial charge in [0.1, 0.15) is 17.4 Å². The van der Waals surface area contributed by atoms with Gasteiger partial charge in [-0.1, -0.05) is 0 Å². The van der Waals surface area contributed by atoms with Crippen LogP contribution in [0.1, 0.15) is 12.5 Å². The van der Waals surface area contributed by atoms with Crippen LogP contribution < -0.4 is 10.6 Å². The van der Waals surface area contributed by atoms with E-state index in [9.17, 15) is 18.7 Å². The maximum absolute atomic E-state index is 13.5. The summed E-state index contributed by atoms with van der Waals surface area (Å²) in [5, 5.41) is 14.9. The van der Waals surface area contributed by atoms with Gasteiger partial charge in [0, 0.05) is 24.7 Å². The Bertz CT molecular complexity index is 675. The number of benzene rings is 2. The van der Waals surface area contributed by atoms with Crippen LogP contribution in [-0.4, -0.2) is 11.0 Å². The summed E-state index contributed by atoms with van der Waals surface area (Å²) in [6, 6.07) is 7.75. The fraction of sp³-hybridized carbons (Fsp3) is 0.133. The molecule has 2 aromatic carbocycles. The number of rotatable bonds is 4. The van der Waals surface area contributed by atoms with Crippen molar-refractivity contribution in [3.8, 4) is 5.75 Å². The number of carbonyl (C=O) groups excluding carboxylic acids is 1. The number of hydrogen-bond acceptors (Lipinski definition) is 3. The highest BCUT2D eigenvalue weighted by Crippen LogP contribution is 2.22. The molecule has 0 aliphatic heterocycles. The van der Waals surface area contributed by atoms with Crippen LogP contribution >= 0.6 is 0 Å². The molecule has 4 nitrogen and oxygen atoms in total. The van der Waals surface area contributed by atoms with E-state index >= 15 is 0 Å². The van der Waals surface area contributed by atoms with Crippen molar-refractivity contribution >= 4 is 17.3 Å². The second kappa shape index (κ2) is 6.21. The van der Waals surface area contributed by atoms with Crippen LogP contribution in [0.2, 0.25) is 0 Å². The third-order valence-corrected chi connectivity index (χ3v) is 2.80. The van der Waals surface area contributed by atoms with Crippen LogP contribution in [0.3, 0.4) is 0 Å². The lowest BCUT2D eigenvalue weighted by atomic mass is 10.2. The zero-order valence-electron chi connectivity index (χ0n) is 11.3. The van der Waals surface area contributed by atoms with Crippen molar-refractivity contribution in [2.75, 3.05) is 10.6 Å². The van der Waals surface area contributed by atoms with E-state index < -0.39 is 11.6 Å². The maximum atomic E-state index is 13.5. The second-order valence-corrected chi connectivity index (χ2v) is 4.50. The molecular weight excluding hydrogens is 278 g/mol. The molecule has 0 unspecified atom stereocenters. The lowest BCUT2D eigenvalue weighted by Gasteiger charge is -2.11. The minimum atomic E-state index is -0.552. The second-order valence-electron chi connectivity index (χ2n) is 4.50. The first-order valence-corrected chi connectivity index (χ1v) is 6.24. The maximum Gasteiger partial charge on any atom is 0.221 e. The van der Waals surface area contributed by atoms with E-state index in [2.05, 4.69) is 10.6 Å². The SMILES string of the molecule is CC(=O)Nc1cc(NCc2cc(F)ccc2O)ccc1F. The summed E-state index contributed by atoms with van der Waals surface area (Å²) in [6.45, 7) is 1.44. The molecule has 6 heteroatoms. The van der Waals surface area contributed by atoms with Crippen molar-refractivity contribution in [3.63, 3.8) is 0 Å². The Balaban J connectivity index is 2.13. The summed E-state index contributed by atoms with van der Waals surface area (Å²) < 4.78 is 26.6. The minimum absolute atomic E-state index is 0.0342. The Morgan fingerprint density at radius 2 is 1.95 bits per heavy atom. The van der Waals surface area contributed by atoms with Crippen molar-refractivity contribution in [1.29, 1.82) is 0 Å². The average Bonchev–Trinajstić information content (AvgIpc) is 2.42. The smallest absolute Gasteiger partial charge is 0.221 e. The molecule has 1 amide bonds. The van der Waals surface area contributed by atoms with E-state index in [1.807, 2.05) is 0 Å². The predicted octanol–water partition coefficient (Wildman–Crippen LogP) is 3.24. The molecule has 0 fully saturated rings. The lowest BCUT2D eigenvalue weighted by Crippen LogP contribution is -2.08. The Kier molecular flexibility index (Phi) is 4.37. The number of carbonyl (C=O) groups is 1. The van der Waals surface area contributed by atoms with Crippen LogP contribution in [0, 0.1) is 11.6 Å². The average molecular weight is 292 g/mol. The highest BCUT2D eigenvalue weighted by molar-refractivity contribution is 5.89. The summed E-state index contributed by atoms with van der Waals surface area (Å²) in [6.07, 6.45) is 0. The highest BCUT2D eigenvalue weighted by Gasteiger charge is 2.07. The van der Waals surface area contributed by atoms with Gasteiger partial charge in [0.25, 0.3) is 0 Å². The first kappa shape index (κ1) is 14.8. The van der Waals surface area contributed by atoms with E-state index in [4.69, 9.17) is 0 Å². The fourth-order valence-electron chi connectivity index (χ4n) is 1.81. The highest BCUT2D eigenvalue weighted by atomic mass is 19.1. The number of phenols is 1. The van der Waals surface area contributed by atoms with E-state index in [1.165, 1.54) is 37.3 Å². The Labute approximate surface area is 120 Å². The molecular formula is C15H14F2N2O2. The van der Waals surface area contributed by atoms with Gasteiger partial charge < -0.3 is 15.7 Å². The van der Waals surface area contributed by atoms with Crippen molar-refractivity contribution in [2.45, 2.75) is 13.5 Å². The summed E-state index contributed by atoms with van der Waals surface area (Å²) >= 11 is 0. The van der Waals surface area contributed by atoms with Gasteiger partial charge >= 0.3 is 0 Å². The van der Waals surface area contributed by atoms with Crippen LogP contribution in [0.15, 0.2) is 36.4 Å². The zero-order valence-corrected chi connectivity index (χ0v) is 11.3. The lowest BCUT2D eigenvalue weighted by molar-refractivity contribution is -0.114. The predicted molar refractivity (Wildman–Crippen MR) is 76.1 cm³/mol. The quantitative estimate of drug-likeness (QED) is 0.810. The van der Waals surface area contributed by atoms with Gasteiger partial charge in [-0.15, -0.1) is 0 Å². The number of hydrogen-bond donors (Lipinski definition) is 3. The van der Waals surface area contributed by atoms with Gasteiger partial charge in [-0.05, 0) is 36.4 Å². The topological polar surface area (TPSA) is 61.4 Å². The molecule has 0 heterocycles. The van der Waals surface area contributed by atoms with Gasteiger partial charge in [0.2, 0.25) is 5.91 Å². The molecule has 0 atom stereocenters. The Hall–Kier alpha value is -2.63. The molecule has 0 spiro atoms. The number of halogens is 2. The molecule has 0 saturated carbocycles. The molecule has 2 rings (SSSR count). The molecule has 21 heavy (non-hydrogen) atoms. The summed E-state index contributed by atoms with van der Waals surface area (Å²) in [5.74, 6) is -1.42. The van der Waals surface area contributed by atoms with Gasteiger partial charge in [0.05, 0.1) is 5.69 Å². The number of aromatic hydroxyl groups is 1. The van der Waals surface area contributed by atoms with Gasteiger partial charge in [-0.25, -0.2) is 8.78 Å². The van der Waals surface area contributed by atoms with Gasteiger partial charge in [-0.2, -0.15) is 0 Å². The van der Waals surface area contributed by atoms with Gasteiger partial charge in [-0.3, -0.25) is 4.79 Å². The number of anilines is 2. The number of nitrogens with one attached hydrogen (secondary N) is 2. The molecule has 0 bridgehead atoms. The molecule has 2 aromatic rings. The Morgan fingerprint density at radius 3 is 2.67 bits per heavy atom. The van der Waals surface area contributed by atoms with Crippen molar-refractivity contribution in [3.05, 3.63) is 53.6 Å². The third-order valence-electron chi connectivity index (χ3n) is 2.80. The standard InChI is InChI=1S/C15H14F2N2O2/c1-9(20)19-14-7-12(3-4-13(14)17)18-8-10-6-11(16)2-5-15(10)21/h2-7,18,21H,8H2,1H3,(H,19,20). The molecule has 0 aliphatic rings. The minimum Gasteiger partial charge on any atom is -0.508 e. The molecule has 110 valence electrons. The monoisotopic (exact) mass is 292 g/mol. The zero-order chi connectivity index (χ0) is 15.4. The largest absolute Gasteiger partial charge is 0.508 e. The van der Waals surface area contributed by atoms with E-state index in [0.717, 1.165) is 6.07 Å². The van der Waals surface area contributed by atoms with E-state index in [-0.39, 0.29) is 23.9 Å². The van der Waals surface area contributed by atoms with E-state index in [0.29, 0.717) is 11.3 Å². The molecule has 0 saturated heterocycles. The molecule has 0 radical (unpaired) electrons. The number of phenolic OH excluding ortho intramolecular Hbond substituents is 1. The van der Waals surface area contributed by atoms with Crippen LogP contribution in [-0.2, 0) is 11.3 Å². The van der Waals surface area contributed by atoms with Gasteiger partial charge in [0.15, 0.2) is 0 Å². The summed E-state index contributed by atoms with van der Waals surface area (Å²) in [4.78, 5) is 11.0. The summed E-state index contributed by atoms with van der Waals surface area (Å²) in [5.41, 5.74) is 0.958. The third kappa shape index (κ3) is 3.92. The van der Waals surface area contributed by atoms with Crippen LogP contribution in [0.5, 0.6) is 5.75 Å². The van der Waals surface area contributed by atoms with Crippen LogP contribution in [0.4, 0.5) is 20.2 Å². The van der Waals surface area contributed by atoms with E-state index in [1.54, 1.807) is 0 Å². The molecule has 0 aliphatic carbocycles. The first-order valence-electron chi connectivity index (χ1n) is 6.24. The van der Waals surface area contributed by atoms with Crippen molar-refractivity contribution in [1.82, 2.24) is 0 Å². The van der Waals surface area contributed by atoms with Crippen LogP contribution in [0.25, 0.3) is 0 Å². The van der Waals surface area contributed by atoms with Crippen molar-refractivity contribution < 1.29 is 18.7 Å². The number of amides is 1. The molecule has 0 aromatic heterocycles. The normalized spacial score (nSPS) is 10.2.